The quantitative estimate of drug-likeness (QED) is 0.118. The summed E-state index contributed by atoms with van der Waals surface area (Å²) in [7, 11) is 0. The molecule has 1 heterocycles. The highest BCUT2D eigenvalue weighted by atomic mass is 16.6. The van der Waals surface area contributed by atoms with E-state index >= 15 is 0 Å². The molecule has 0 saturated carbocycles. The van der Waals surface area contributed by atoms with Crippen molar-refractivity contribution in [3.05, 3.63) is 60.7 Å². The topological polar surface area (TPSA) is 163 Å². The summed E-state index contributed by atoms with van der Waals surface area (Å²) in [4.78, 5) is 83.4. The number of nitrogens with one attached hydrogen (secondary N) is 4. The lowest BCUT2D eigenvalue weighted by Gasteiger charge is -2.35. The highest BCUT2D eigenvalue weighted by molar-refractivity contribution is 6.38. The molecular weight excluding hydrogens is 674 g/mol. The largest absolute Gasteiger partial charge is 0.458 e. The molecule has 53 heavy (non-hydrogen) atoms. The number of benzene rings is 1. The number of fused-ring (bicyclic) bond motifs is 1. The van der Waals surface area contributed by atoms with Gasteiger partial charge in [0.05, 0.1) is 6.04 Å². The first kappa shape index (κ1) is 42.9. The summed E-state index contributed by atoms with van der Waals surface area (Å²) in [6.07, 6.45) is 5.31. The molecule has 1 aliphatic carbocycles. The molecule has 0 bridgehead atoms. The zero-order valence-corrected chi connectivity index (χ0v) is 33.1. The first-order valence-corrected chi connectivity index (χ1v) is 18.7. The van der Waals surface area contributed by atoms with Gasteiger partial charge in [0, 0.05) is 13.1 Å². The highest BCUT2D eigenvalue weighted by Gasteiger charge is 2.48. The van der Waals surface area contributed by atoms with Gasteiger partial charge < -0.3 is 30.9 Å². The monoisotopic (exact) mass is 735 g/mol. The maximum Gasteiger partial charge on any atom is 0.329 e. The van der Waals surface area contributed by atoms with Crippen molar-refractivity contribution in [3.63, 3.8) is 0 Å². The van der Waals surface area contributed by atoms with Crippen LogP contribution in [0.2, 0.25) is 0 Å². The Balaban J connectivity index is 1.99. The zero-order chi connectivity index (χ0) is 39.9. The van der Waals surface area contributed by atoms with E-state index in [9.17, 15) is 28.8 Å². The summed E-state index contributed by atoms with van der Waals surface area (Å²) in [6, 6.07) is 2.97. The fourth-order valence-corrected chi connectivity index (χ4v) is 6.96. The van der Waals surface area contributed by atoms with Crippen LogP contribution in [0.4, 0.5) is 4.79 Å². The van der Waals surface area contributed by atoms with E-state index < -0.39 is 76.1 Å². The second-order valence-electron chi connectivity index (χ2n) is 17.0. The van der Waals surface area contributed by atoms with Gasteiger partial charge in [-0.3, -0.25) is 19.2 Å². The number of hydrogen-bond donors (Lipinski definition) is 4. The van der Waals surface area contributed by atoms with Gasteiger partial charge in [-0.15, -0.1) is 13.2 Å². The molecule has 0 radical (unpaired) electrons. The number of amides is 5. The molecule has 12 heteroatoms. The van der Waals surface area contributed by atoms with Gasteiger partial charge >= 0.3 is 12.0 Å². The van der Waals surface area contributed by atoms with Crippen LogP contribution in [-0.4, -0.2) is 83.3 Å². The number of carbonyl (C=O) groups is 6. The average molecular weight is 736 g/mol. The fraction of sp³-hybridized carbons (Fsp3) is 0.610. The maximum absolute atomic E-state index is 14.9. The molecule has 2 aliphatic rings. The Labute approximate surface area is 315 Å². The molecule has 1 fully saturated rings. The van der Waals surface area contributed by atoms with E-state index in [0.29, 0.717) is 19.3 Å². The number of ketones is 1. The van der Waals surface area contributed by atoms with Crippen LogP contribution in [-0.2, 0) is 41.6 Å². The average Bonchev–Trinajstić information content (AvgIpc) is 3.72. The molecule has 1 unspecified atom stereocenters. The van der Waals surface area contributed by atoms with Crippen molar-refractivity contribution in [2.75, 3.05) is 13.1 Å². The van der Waals surface area contributed by atoms with Crippen LogP contribution in [0, 0.1) is 22.7 Å². The number of urea groups is 1. The number of allylic oxidation sites excluding steroid dienone is 1. The first-order valence-electron chi connectivity index (χ1n) is 18.7. The lowest BCUT2D eigenvalue weighted by molar-refractivity contribution is -0.160. The van der Waals surface area contributed by atoms with Crippen molar-refractivity contribution in [1.29, 1.82) is 0 Å². The second-order valence-corrected chi connectivity index (χ2v) is 17.0. The number of likely N-dealkylation sites (tertiary alicyclic amines) is 1. The van der Waals surface area contributed by atoms with Gasteiger partial charge in [-0.2, -0.15) is 0 Å². The Morgan fingerprint density at radius 1 is 0.925 bits per heavy atom. The van der Waals surface area contributed by atoms with Crippen LogP contribution in [0.3, 0.4) is 0 Å². The normalized spacial score (nSPS) is 19.2. The van der Waals surface area contributed by atoms with Gasteiger partial charge in [-0.05, 0) is 80.2 Å². The van der Waals surface area contributed by atoms with Gasteiger partial charge in [-0.25, -0.2) is 9.59 Å². The van der Waals surface area contributed by atoms with Crippen molar-refractivity contribution in [2.45, 2.75) is 124 Å². The molecule has 5 amide bonds. The lowest BCUT2D eigenvalue weighted by Crippen LogP contribution is -2.61. The number of carbonyl (C=O) groups excluding carboxylic acids is 6. The van der Waals surface area contributed by atoms with Crippen LogP contribution in [0.1, 0.15) is 92.7 Å². The molecule has 5 atom stereocenters. The molecule has 12 nitrogen and oxygen atoms in total. The summed E-state index contributed by atoms with van der Waals surface area (Å²) in [5, 5.41) is 11.0. The Kier molecular flexibility index (Phi) is 14.2. The Bertz CT molecular complexity index is 1530. The predicted octanol–water partition coefficient (Wildman–Crippen LogP) is 4.41. The van der Waals surface area contributed by atoms with Crippen molar-refractivity contribution < 1.29 is 33.5 Å². The van der Waals surface area contributed by atoms with Crippen LogP contribution >= 0.6 is 0 Å². The van der Waals surface area contributed by atoms with Crippen molar-refractivity contribution >= 4 is 35.5 Å². The molecule has 1 aromatic carbocycles. The highest BCUT2D eigenvalue weighted by Crippen LogP contribution is 2.39. The lowest BCUT2D eigenvalue weighted by atomic mass is 9.77. The SMILES string of the molecule is C=CCNC(=O)C(=O)C(CCC)NC(=O)[C@@H]1C[C@@H](C(C)(C)C=C)CN1C(=O)[C@@H](NC(=O)N[C@H](C(=O)OC(C)(C)C)C(C)(C)C)C1Cc2ccccc2C1. The fourth-order valence-electron chi connectivity index (χ4n) is 6.96. The summed E-state index contributed by atoms with van der Waals surface area (Å²) in [5.41, 5.74) is 0.157. The molecule has 0 aromatic heterocycles. The molecule has 4 N–H and O–H groups in total. The van der Waals surface area contributed by atoms with E-state index in [1.54, 1.807) is 26.8 Å². The Morgan fingerprint density at radius 3 is 2.04 bits per heavy atom. The first-order chi connectivity index (χ1) is 24.6. The molecule has 1 saturated heterocycles. The number of hydrogen-bond acceptors (Lipinski definition) is 7. The second kappa shape index (κ2) is 17.6. The van der Waals surface area contributed by atoms with Gasteiger partial charge in [0.2, 0.25) is 17.6 Å². The number of esters is 1. The van der Waals surface area contributed by atoms with Crippen molar-refractivity contribution in [1.82, 2.24) is 26.2 Å². The summed E-state index contributed by atoms with van der Waals surface area (Å²) < 4.78 is 5.63. The van der Waals surface area contributed by atoms with E-state index in [0.717, 1.165) is 11.1 Å². The standard InChI is InChI=1S/C41H61N5O7/c1-12-17-29(32(47)35(49)42-20-13-2)43-34(48)30-23-28(41(10,11)14-3)24-46(30)36(50)31(27-21-25-18-15-16-19-26(25)22-27)44-38(52)45-33(39(4,5)6)37(51)53-40(7,8)9/h13-16,18-19,27-31,33H,2-3,12,17,20-24H2,1,4-11H3,(H,42,49)(H,43,48)(H2,44,45,52)/t28-,29?,30+,31+,33-/m1/s1. The Morgan fingerprint density at radius 2 is 1.53 bits per heavy atom. The third-order valence-corrected chi connectivity index (χ3v) is 10.2. The van der Waals surface area contributed by atoms with E-state index in [1.807, 2.05) is 65.8 Å². The Hall–Kier alpha value is -4.48. The maximum atomic E-state index is 14.9. The number of rotatable bonds is 15. The number of nitrogens with zero attached hydrogens (tertiary/aromatic N) is 1. The van der Waals surface area contributed by atoms with E-state index in [-0.39, 0.29) is 37.8 Å². The summed E-state index contributed by atoms with van der Waals surface area (Å²) in [5.74, 6) is -3.74. The van der Waals surface area contributed by atoms with Crippen LogP contribution < -0.4 is 21.3 Å². The van der Waals surface area contributed by atoms with Crippen LogP contribution in [0.25, 0.3) is 0 Å². The third-order valence-electron chi connectivity index (χ3n) is 10.2. The summed E-state index contributed by atoms with van der Waals surface area (Å²) >= 11 is 0. The molecule has 292 valence electrons. The molecule has 1 aliphatic heterocycles. The van der Waals surface area contributed by atoms with Crippen molar-refractivity contribution in [2.24, 2.45) is 22.7 Å². The third kappa shape index (κ3) is 11.3. The molecule has 0 spiro atoms. The molecule has 3 rings (SSSR count). The minimum atomic E-state index is -1.09. The number of ether oxygens (including phenoxy) is 1. The van der Waals surface area contributed by atoms with Gasteiger partial charge in [0.25, 0.3) is 5.91 Å². The van der Waals surface area contributed by atoms with Gasteiger partial charge in [0.1, 0.15) is 23.7 Å². The summed E-state index contributed by atoms with van der Waals surface area (Å²) in [6.45, 7) is 24.4. The predicted molar refractivity (Wildman–Crippen MR) is 205 cm³/mol. The zero-order valence-electron chi connectivity index (χ0n) is 33.1. The minimum Gasteiger partial charge on any atom is -0.458 e. The minimum absolute atomic E-state index is 0.0991. The van der Waals surface area contributed by atoms with Crippen molar-refractivity contribution in [3.8, 4) is 0 Å². The van der Waals surface area contributed by atoms with Crippen LogP contribution in [0.15, 0.2) is 49.6 Å². The van der Waals surface area contributed by atoms with E-state index in [1.165, 1.54) is 11.0 Å². The van der Waals surface area contributed by atoms with E-state index in [4.69, 9.17) is 4.74 Å². The van der Waals surface area contributed by atoms with E-state index in [2.05, 4.69) is 34.4 Å². The molecular formula is C41H61N5O7. The number of Topliss-reactive ketones (excluding diaryl/α,β-unsaturated/α-hetero) is 1. The van der Waals surface area contributed by atoms with Gasteiger partial charge in [0.15, 0.2) is 0 Å². The molecule has 1 aromatic rings. The van der Waals surface area contributed by atoms with Crippen LogP contribution in [0.5, 0.6) is 0 Å². The smallest absolute Gasteiger partial charge is 0.329 e. The van der Waals surface area contributed by atoms with Gasteiger partial charge in [-0.1, -0.05) is 84.4 Å².